The second-order valence-electron chi connectivity index (χ2n) is 15.7. The van der Waals surface area contributed by atoms with E-state index in [2.05, 4.69) is 254 Å². The Balaban J connectivity index is 1.07. The molecule has 0 aliphatic carbocycles. The first-order chi connectivity index (χ1) is 30.3. The fraction of sp³-hybridized carbons (Fsp3) is 0. The molecule has 0 fully saturated rings. The maximum Gasteiger partial charge on any atom is 0.0540 e. The molecule has 286 valence electrons. The van der Waals surface area contributed by atoms with Gasteiger partial charge in [-0.15, -0.1) is 0 Å². The third kappa shape index (κ3) is 6.73. The molecule has 11 aromatic rings. The average Bonchev–Trinajstić information content (AvgIpc) is 3.34. The molecule has 0 aromatic heterocycles. The molecule has 1 nitrogen and oxygen atoms in total. The van der Waals surface area contributed by atoms with Crippen molar-refractivity contribution in [1.82, 2.24) is 0 Å². The smallest absolute Gasteiger partial charge is 0.0540 e. The Morgan fingerprint density at radius 1 is 0.230 bits per heavy atom. The summed E-state index contributed by atoms with van der Waals surface area (Å²) in [5, 5.41) is 7.40. The van der Waals surface area contributed by atoms with Gasteiger partial charge in [-0.3, -0.25) is 0 Å². The highest BCUT2D eigenvalue weighted by Gasteiger charge is 2.19. The second kappa shape index (κ2) is 15.6. The quantitative estimate of drug-likeness (QED) is 0.149. The number of rotatable bonds is 8. The van der Waals surface area contributed by atoms with E-state index in [0.29, 0.717) is 0 Å². The van der Waals surface area contributed by atoms with Crippen LogP contribution in [0.2, 0.25) is 0 Å². The van der Waals surface area contributed by atoms with Crippen molar-refractivity contribution >= 4 is 49.4 Å². The fourth-order valence-corrected chi connectivity index (χ4v) is 9.11. The summed E-state index contributed by atoms with van der Waals surface area (Å²) in [5.41, 5.74) is 15.4. The molecule has 0 atom stereocenters. The summed E-state index contributed by atoms with van der Waals surface area (Å²) in [4.78, 5) is 2.41. The summed E-state index contributed by atoms with van der Waals surface area (Å²) in [7, 11) is 0. The fourth-order valence-electron chi connectivity index (χ4n) is 9.11. The predicted molar refractivity (Wildman–Crippen MR) is 261 cm³/mol. The van der Waals surface area contributed by atoms with Crippen LogP contribution in [0.4, 0.5) is 17.1 Å². The average molecular weight is 776 g/mol. The first-order valence-corrected chi connectivity index (χ1v) is 21.0. The molecule has 0 bridgehead atoms. The molecule has 0 amide bonds. The van der Waals surface area contributed by atoms with Gasteiger partial charge in [0.2, 0.25) is 0 Å². The van der Waals surface area contributed by atoms with E-state index >= 15 is 0 Å². The second-order valence-corrected chi connectivity index (χ2v) is 15.7. The molecular formula is C60H41N. The van der Waals surface area contributed by atoms with Crippen LogP contribution in [0.15, 0.2) is 249 Å². The zero-order chi connectivity index (χ0) is 40.5. The van der Waals surface area contributed by atoms with Gasteiger partial charge in [0.25, 0.3) is 0 Å². The Morgan fingerprint density at radius 2 is 0.672 bits per heavy atom. The van der Waals surface area contributed by atoms with E-state index in [9.17, 15) is 0 Å². The number of benzene rings is 11. The third-order valence-corrected chi connectivity index (χ3v) is 12.1. The minimum absolute atomic E-state index is 1.09. The molecule has 0 spiro atoms. The number of fused-ring (bicyclic) bond motifs is 3. The van der Waals surface area contributed by atoms with E-state index < -0.39 is 0 Å². The van der Waals surface area contributed by atoms with Crippen LogP contribution in [0.5, 0.6) is 0 Å². The summed E-state index contributed by atoms with van der Waals surface area (Å²) in [5.74, 6) is 0. The molecule has 0 saturated heterocycles. The Kier molecular flexibility index (Phi) is 9.26. The molecule has 0 aliphatic heterocycles. The molecule has 0 unspecified atom stereocenters. The van der Waals surface area contributed by atoms with Crippen LogP contribution in [-0.2, 0) is 0 Å². The third-order valence-electron chi connectivity index (χ3n) is 12.1. The van der Waals surface area contributed by atoms with Crippen molar-refractivity contribution in [2.24, 2.45) is 0 Å². The van der Waals surface area contributed by atoms with E-state index in [4.69, 9.17) is 0 Å². The highest BCUT2D eigenvalue weighted by molar-refractivity contribution is 6.12. The molecule has 0 aliphatic rings. The number of nitrogens with zero attached hydrogens (tertiary/aromatic N) is 1. The molecule has 11 aromatic carbocycles. The predicted octanol–water partition coefficient (Wildman–Crippen LogP) is 17.0. The van der Waals surface area contributed by atoms with Gasteiger partial charge in [0.1, 0.15) is 0 Å². The molecule has 61 heavy (non-hydrogen) atoms. The van der Waals surface area contributed by atoms with E-state index in [-0.39, 0.29) is 0 Å². The Bertz CT molecular complexity index is 3320. The lowest BCUT2D eigenvalue weighted by Gasteiger charge is -2.28. The van der Waals surface area contributed by atoms with Crippen LogP contribution in [0.1, 0.15) is 0 Å². The minimum atomic E-state index is 1.09. The topological polar surface area (TPSA) is 3.24 Å². The van der Waals surface area contributed by atoms with Crippen molar-refractivity contribution in [2.75, 3.05) is 4.90 Å². The first kappa shape index (κ1) is 36.1. The van der Waals surface area contributed by atoms with Crippen molar-refractivity contribution in [3.05, 3.63) is 249 Å². The maximum absolute atomic E-state index is 2.41. The SMILES string of the molecule is c1ccc(-c2ccc(N(c3ccc(-c4ccc(-c5ccccc5)c5cccc(-c6ccccc6)c45)cc3)c3ccc(-c4ccc5ccccc5c4)c4ccccc34)cc2)cc1. The van der Waals surface area contributed by atoms with Crippen molar-refractivity contribution in [3.63, 3.8) is 0 Å². The van der Waals surface area contributed by atoms with Crippen LogP contribution in [-0.4, -0.2) is 0 Å². The van der Waals surface area contributed by atoms with Crippen LogP contribution in [0.3, 0.4) is 0 Å². The molecule has 0 heterocycles. The summed E-state index contributed by atoms with van der Waals surface area (Å²) in [6.45, 7) is 0. The van der Waals surface area contributed by atoms with Crippen LogP contribution >= 0.6 is 0 Å². The van der Waals surface area contributed by atoms with Gasteiger partial charge in [0.15, 0.2) is 0 Å². The van der Waals surface area contributed by atoms with Gasteiger partial charge in [0, 0.05) is 16.8 Å². The van der Waals surface area contributed by atoms with Crippen LogP contribution in [0.25, 0.3) is 88.0 Å². The lowest BCUT2D eigenvalue weighted by molar-refractivity contribution is 1.30. The van der Waals surface area contributed by atoms with Gasteiger partial charge in [-0.05, 0) is 119 Å². The summed E-state index contributed by atoms with van der Waals surface area (Å²) < 4.78 is 0. The van der Waals surface area contributed by atoms with E-state index in [0.717, 1.165) is 17.1 Å². The highest BCUT2D eigenvalue weighted by Crippen LogP contribution is 2.45. The Labute approximate surface area is 357 Å². The lowest BCUT2D eigenvalue weighted by atomic mass is 9.87. The maximum atomic E-state index is 2.41. The molecule has 0 saturated carbocycles. The van der Waals surface area contributed by atoms with Gasteiger partial charge < -0.3 is 4.90 Å². The molecular weight excluding hydrogens is 735 g/mol. The highest BCUT2D eigenvalue weighted by atomic mass is 15.1. The van der Waals surface area contributed by atoms with Gasteiger partial charge in [0.05, 0.1) is 5.69 Å². The van der Waals surface area contributed by atoms with E-state index in [1.54, 1.807) is 0 Å². The van der Waals surface area contributed by atoms with E-state index in [1.165, 1.54) is 88.0 Å². The van der Waals surface area contributed by atoms with Gasteiger partial charge in [-0.25, -0.2) is 0 Å². The largest absolute Gasteiger partial charge is 0.310 e. The molecule has 0 N–H and O–H groups in total. The molecule has 11 rings (SSSR count). The lowest BCUT2D eigenvalue weighted by Crippen LogP contribution is -2.10. The Morgan fingerprint density at radius 3 is 1.36 bits per heavy atom. The van der Waals surface area contributed by atoms with Crippen molar-refractivity contribution in [3.8, 4) is 55.6 Å². The van der Waals surface area contributed by atoms with Gasteiger partial charge in [-0.2, -0.15) is 0 Å². The minimum Gasteiger partial charge on any atom is -0.310 e. The van der Waals surface area contributed by atoms with Crippen LogP contribution in [0, 0.1) is 0 Å². The summed E-state index contributed by atoms with van der Waals surface area (Å²) in [6, 6.07) is 90.4. The zero-order valence-electron chi connectivity index (χ0n) is 33.6. The monoisotopic (exact) mass is 775 g/mol. The zero-order valence-corrected chi connectivity index (χ0v) is 33.6. The number of hydrogen-bond donors (Lipinski definition) is 0. The number of hydrogen-bond acceptors (Lipinski definition) is 1. The van der Waals surface area contributed by atoms with Gasteiger partial charge in [-0.1, -0.05) is 212 Å². The van der Waals surface area contributed by atoms with Crippen molar-refractivity contribution in [2.45, 2.75) is 0 Å². The normalized spacial score (nSPS) is 11.3. The summed E-state index contributed by atoms with van der Waals surface area (Å²) >= 11 is 0. The standard InChI is InChI=1S/C60H41N/c1-4-15-42(16-5-1)44-29-33-50(34-30-44)61(59-40-39-53(56-23-12-13-24-57(56)59)49-28-27-43-17-10-11-22-48(43)41-49)51-35-31-47(32-36-51)55-38-37-52(45-18-6-2-7-19-45)58-26-14-25-54(60(55)58)46-20-8-3-9-21-46/h1-41H. The summed E-state index contributed by atoms with van der Waals surface area (Å²) in [6.07, 6.45) is 0. The van der Waals surface area contributed by atoms with E-state index in [1.807, 2.05) is 0 Å². The van der Waals surface area contributed by atoms with Crippen molar-refractivity contribution < 1.29 is 0 Å². The first-order valence-electron chi connectivity index (χ1n) is 21.0. The molecule has 1 heteroatoms. The van der Waals surface area contributed by atoms with Gasteiger partial charge >= 0.3 is 0 Å². The van der Waals surface area contributed by atoms with Crippen molar-refractivity contribution in [1.29, 1.82) is 0 Å². The number of anilines is 3. The Hall–Kier alpha value is -8.00. The molecule has 0 radical (unpaired) electrons. The van der Waals surface area contributed by atoms with Crippen LogP contribution < -0.4 is 4.90 Å².